The van der Waals surface area contributed by atoms with Crippen LogP contribution >= 0.6 is 11.8 Å². The van der Waals surface area contributed by atoms with Crippen molar-refractivity contribution < 1.29 is 19.4 Å². The van der Waals surface area contributed by atoms with Gasteiger partial charge in [0, 0.05) is 23.3 Å². The number of carbonyl (C=O) groups is 2. The number of rotatable bonds is 6. The van der Waals surface area contributed by atoms with E-state index in [-0.39, 0.29) is 18.1 Å². The van der Waals surface area contributed by atoms with Crippen molar-refractivity contribution in [3.63, 3.8) is 0 Å². The van der Waals surface area contributed by atoms with Gasteiger partial charge < -0.3 is 9.84 Å². The molecular formula is C19H20O4S. The molecule has 0 radical (unpaired) electrons. The molecule has 1 aliphatic rings. The number of esters is 1. The summed E-state index contributed by atoms with van der Waals surface area (Å²) in [5, 5.41) is 9.76. The van der Waals surface area contributed by atoms with Gasteiger partial charge in [0.1, 0.15) is 6.61 Å². The maximum atomic E-state index is 11.9. The molecule has 0 fully saturated rings. The summed E-state index contributed by atoms with van der Waals surface area (Å²) < 4.78 is 5.13. The van der Waals surface area contributed by atoms with E-state index in [1.807, 2.05) is 54.8 Å². The van der Waals surface area contributed by atoms with Crippen LogP contribution < -0.4 is 0 Å². The first-order chi connectivity index (χ1) is 11.5. The van der Waals surface area contributed by atoms with Gasteiger partial charge in [0.15, 0.2) is 0 Å². The quantitative estimate of drug-likeness (QED) is 0.481. The lowest BCUT2D eigenvalue weighted by Crippen LogP contribution is -2.17. The normalized spacial score (nSPS) is 17.3. The molecule has 0 bridgehead atoms. The first-order valence-corrected chi connectivity index (χ1v) is 8.83. The Kier molecular flexibility index (Phi) is 6.44. The highest BCUT2D eigenvalue weighted by Crippen LogP contribution is 2.30. The van der Waals surface area contributed by atoms with Gasteiger partial charge in [-0.3, -0.25) is 4.79 Å². The molecule has 1 unspecified atom stereocenters. The van der Waals surface area contributed by atoms with E-state index in [1.165, 1.54) is 6.92 Å². The van der Waals surface area contributed by atoms with Crippen LogP contribution in [0.4, 0.5) is 0 Å². The van der Waals surface area contributed by atoms with Gasteiger partial charge in [-0.05, 0) is 30.4 Å². The van der Waals surface area contributed by atoms with Crippen molar-refractivity contribution in [3.05, 3.63) is 59.7 Å². The van der Waals surface area contributed by atoms with E-state index in [4.69, 9.17) is 4.74 Å². The summed E-state index contributed by atoms with van der Waals surface area (Å²) in [7, 11) is 0. The molecule has 4 nitrogen and oxygen atoms in total. The summed E-state index contributed by atoms with van der Waals surface area (Å²) in [4.78, 5) is 24.2. The second kappa shape index (κ2) is 8.55. The standard InChI is InChI=1S/C19H20O4S/c1-13(20)23-12-17(14-8-10-16(24-2)11-9-14)18(19(21)22)15-6-4-3-5-7-15/h3-6,8-11,15H,7,12H2,1-2H3,(H,21,22)/b18-17+. The zero-order valence-corrected chi connectivity index (χ0v) is 14.5. The Bertz CT molecular complexity index is 699. The molecule has 0 heterocycles. The topological polar surface area (TPSA) is 63.6 Å². The average molecular weight is 344 g/mol. The van der Waals surface area contributed by atoms with Gasteiger partial charge in [-0.1, -0.05) is 36.4 Å². The maximum absolute atomic E-state index is 11.9. The molecule has 126 valence electrons. The summed E-state index contributed by atoms with van der Waals surface area (Å²) in [5.41, 5.74) is 1.57. The number of thioether (sulfide) groups is 1. The summed E-state index contributed by atoms with van der Waals surface area (Å²) in [6.45, 7) is 1.27. The number of hydrogen-bond acceptors (Lipinski definition) is 4. The van der Waals surface area contributed by atoms with E-state index >= 15 is 0 Å². The highest BCUT2D eigenvalue weighted by molar-refractivity contribution is 7.98. The van der Waals surface area contributed by atoms with Crippen LogP contribution in [0.15, 0.2) is 59.0 Å². The van der Waals surface area contributed by atoms with Crippen LogP contribution in [0, 0.1) is 5.92 Å². The fourth-order valence-electron chi connectivity index (χ4n) is 2.59. The number of hydrogen-bond donors (Lipinski definition) is 1. The molecule has 0 aromatic heterocycles. The first-order valence-electron chi connectivity index (χ1n) is 7.60. The van der Waals surface area contributed by atoms with Gasteiger partial charge in [-0.25, -0.2) is 4.79 Å². The third kappa shape index (κ3) is 4.61. The third-order valence-electron chi connectivity index (χ3n) is 3.77. The van der Waals surface area contributed by atoms with E-state index < -0.39 is 11.9 Å². The van der Waals surface area contributed by atoms with Gasteiger partial charge in [-0.2, -0.15) is 0 Å². The van der Waals surface area contributed by atoms with Gasteiger partial charge in [0.25, 0.3) is 0 Å². The molecule has 1 atom stereocenters. The number of carbonyl (C=O) groups excluding carboxylic acids is 1. The van der Waals surface area contributed by atoms with Crippen molar-refractivity contribution in [1.29, 1.82) is 0 Å². The number of benzene rings is 1. The van der Waals surface area contributed by atoms with Crippen molar-refractivity contribution in [2.45, 2.75) is 18.2 Å². The Balaban J connectivity index is 2.50. The lowest BCUT2D eigenvalue weighted by molar-refractivity contribution is -0.139. The van der Waals surface area contributed by atoms with Crippen molar-refractivity contribution >= 4 is 29.3 Å². The van der Waals surface area contributed by atoms with Crippen LogP contribution in [0.25, 0.3) is 5.57 Å². The average Bonchev–Trinajstić information content (AvgIpc) is 2.59. The predicted octanol–water partition coefficient (Wildman–Crippen LogP) is 3.94. The number of ether oxygens (including phenoxy) is 1. The van der Waals surface area contributed by atoms with E-state index in [0.29, 0.717) is 12.0 Å². The van der Waals surface area contributed by atoms with Gasteiger partial charge in [0.2, 0.25) is 0 Å². The van der Waals surface area contributed by atoms with E-state index in [0.717, 1.165) is 10.5 Å². The summed E-state index contributed by atoms with van der Waals surface area (Å²) in [6, 6.07) is 7.61. The Morgan fingerprint density at radius 3 is 2.46 bits per heavy atom. The Labute approximate surface area is 145 Å². The molecule has 0 saturated carbocycles. The molecule has 0 spiro atoms. The summed E-state index contributed by atoms with van der Waals surface area (Å²) >= 11 is 1.61. The van der Waals surface area contributed by atoms with Crippen molar-refractivity contribution in [2.24, 2.45) is 5.92 Å². The molecule has 0 aliphatic heterocycles. The maximum Gasteiger partial charge on any atom is 0.332 e. The van der Waals surface area contributed by atoms with Crippen LogP contribution in [0.3, 0.4) is 0 Å². The van der Waals surface area contributed by atoms with Gasteiger partial charge in [-0.15, -0.1) is 11.8 Å². The number of allylic oxidation sites excluding steroid dienone is 4. The molecular weight excluding hydrogens is 324 g/mol. The minimum atomic E-state index is -0.990. The second-order valence-corrected chi connectivity index (χ2v) is 6.24. The zero-order valence-electron chi connectivity index (χ0n) is 13.7. The zero-order chi connectivity index (χ0) is 17.5. The lowest BCUT2D eigenvalue weighted by Gasteiger charge is -2.19. The molecule has 24 heavy (non-hydrogen) atoms. The Morgan fingerprint density at radius 2 is 1.96 bits per heavy atom. The predicted molar refractivity (Wildman–Crippen MR) is 95.8 cm³/mol. The van der Waals surface area contributed by atoms with Crippen molar-refractivity contribution in [3.8, 4) is 0 Å². The van der Waals surface area contributed by atoms with Crippen LogP contribution in [0.1, 0.15) is 18.9 Å². The third-order valence-corrected chi connectivity index (χ3v) is 4.51. The highest BCUT2D eigenvalue weighted by Gasteiger charge is 2.24. The van der Waals surface area contributed by atoms with E-state index in [9.17, 15) is 14.7 Å². The highest BCUT2D eigenvalue weighted by atomic mass is 32.2. The smallest absolute Gasteiger partial charge is 0.332 e. The fraction of sp³-hybridized carbons (Fsp3) is 0.263. The van der Waals surface area contributed by atoms with Crippen LogP contribution in [-0.2, 0) is 14.3 Å². The molecule has 1 N–H and O–H groups in total. The first kappa shape index (κ1) is 18.1. The lowest BCUT2D eigenvalue weighted by atomic mass is 9.86. The molecule has 1 aliphatic carbocycles. The van der Waals surface area contributed by atoms with E-state index in [1.54, 1.807) is 11.8 Å². The second-order valence-electron chi connectivity index (χ2n) is 5.36. The summed E-state index contributed by atoms with van der Waals surface area (Å²) in [5.74, 6) is -1.66. The minimum Gasteiger partial charge on any atom is -0.478 e. The van der Waals surface area contributed by atoms with Crippen LogP contribution in [0.5, 0.6) is 0 Å². The SMILES string of the molecule is CSc1ccc(/C(COC(C)=O)=C(/C(=O)O)C2C=CC=CC2)cc1. The number of carboxylic acid groups (broad SMARTS) is 1. The molecule has 1 aromatic carbocycles. The molecule has 2 rings (SSSR count). The molecule has 0 saturated heterocycles. The molecule has 5 heteroatoms. The largest absolute Gasteiger partial charge is 0.478 e. The van der Waals surface area contributed by atoms with Gasteiger partial charge in [0.05, 0.1) is 5.57 Å². The molecule has 1 aromatic rings. The van der Waals surface area contributed by atoms with Crippen molar-refractivity contribution in [1.82, 2.24) is 0 Å². The molecule has 0 amide bonds. The van der Waals surface area contributed by atoms with Crippen LogP contribution in [-0.4, -0.2) is 29.9 Å². The van der Waals surface area contributed by atoms with Crippen LogP contribution in [0.2, 0.25) is 0 Å². The van der Waals surface area contributed by atoms with E-state index in [2.05, 4.69) is 0 Å². The number of aliphatic carboxylic acids is 1. The fourth-order valence-corrected chi connectivity index (χ4v) is 3.00. The van der Waals surface area contributed by atoms with Crippen molar-refractivity contribution in [2.75, 3.05) is 12.9 Å². The number of carboxylic acids is 1. The minimum absolute atomic E-state index is 0.0519. The monoisotopic (exact) mass is 344 g/mol. The Morgan fingerprint density at radius 1 is 1.25 bits per heavy atom. The Hall–Kier alpha value is -2.27. The van der Waals surface area contributed by atoms with Gasteiger partial charge >= 0.3 is 11.9 Å². The summed E-state index contributed by atoms with van der Waals surface area (Å²) in [6.07, 6.45) is 10.1.